The van der Waals surface area contributed by atoms with Gasteiger partial charge in [0.1, 0.15) is 5.65 Å². The van der Waals surface area contributed by atoms with Crippen molar-refractivity contribution in [2.75, 3.05) is 34.5 Å². The summed E-state index contributed by atoms with van der Waals surface area (Å²) < 4.78 is 19.6. The van der Waals surface area contributed by atoms with Crippen LogP contribution in [0.4, 0.5) is 17.1 Å². The van der Waals surface area contributed by atoms with Gasteiger partial charge in [0.25, 0.3) is 0 Å². The molecule has 4 aromatic heterocycles. The zero-order valence-electron chi connectivity index (χ0n) is 36.8. The summed E-state index contributed by atoms with van der Waals surface area (Å²) in [5, 5.41) is 52.0. The molecule has 3 aromatic carbocycles. The summed E-state index contributed by atoms with van der Waals surface area (Å²) in [6.45, 7) is 4.02. The van der Waals surface area contributed by atoms with Gasteiger partial charge in [-0.3, -0.25) is 40.3 Å². The molecule has 0 amide bonds. The number of nitrogens with zero attached hydrogens (tertiary/aromatic N) is 8. The Labute approximate surface area is 391 Å². The first-order valence-corrected chi connectivity index (χ1v) is 19.6. The minimum Gasteiger partial charge on any atom is -0.807 e. The Morgan fingerprint density at radius 2 is 1.30 bits per heavy atom. The fraction of sp³-hybridized carbons (Fsp3) is 0.196. The second kappa shape index (κ2) is 27.2. The molecule has 0 spiro atoms. The summed E-state index contributed by atoms with van der Waals surface area (Å²) in [7, 11) is 4.12. The standard InChI is InChI=1S/C14H11N3O3.C14H12N3O3.C8H6N2O3.C6H7N.C4H8O.Li/c1-20-13-5-4-9(8-12(13)17(18)19)11-7-10-3-2-6-15-14(10)16-11;1-20-14-5-4-11(8-13(14)17(18)19)12(15)7-10-3-2-6-16-9-10;1-13-8-3-2-6(5-9)4-7(8)10(11)12;1-6-3-2-4-7-5-6;1-2-4-5-3-1;/h2-8H,1H3,(H,15,16);2-6,8-9H,7H2,1H3;2-4H,1H3;2-5H,1H3;1-4H2;/q;-1;;;;+1. The predicted octanol–water partition coefficient (Wildman–Crippen LogP) is 6.41. The molecule has 0 aliphatic carbocycles. The van der Waals surface area contributed by atoms with Crippen LogP contribution >= 0.6 is 0 Å². The number of aromatic nitrogens is 4. The van der Waals surface area contributed by atoms with Crippen molar-refractivity contribution in [2.24, 2.45) is 0 Å². The summed E-state index contributed by atoms with van der Waals surface area (Å²) in [6, 6.07) is 28.3. The topological polar surface area (TPSA) is 267 Å². The molecule has 0 saturated carbocycles. The van der Waals surface area contributed by atoms with E-state index in [4.69, 9.17) is 24.2 Å². The third-order valence-corrected chi connectivity index (χ3v) is 9.02. The van der Waals surface area contributed by atoms with Crippen LogP contribution in [0.1, 0.15) is 35.1 Å². The SMILES string of the molecule is C1CCOC1.COc1ccc(-c2cc3cccnc3[nH]2)cc1[N+](=O)[O-].COc1ccc(C#N)cc1[N+](=O)[O-].COc1ccc(C(=[N-])Cc2cccnc2)cc1[N+](=O)[O-].Cc1cccnc1.[Li+]. The summed E-state index contributed by atoms with van der Waals surface area (Å²) in [5.74, 6) is 0.560. The van der Waals surface area contributed by atoms with Crippen LogP contribution < -0.4 is 33.1 Å². The number of aromatic amines is 1. The van der Waals surface area contributed by atoms with Crippen LogP contribution in [0.3, 0.4) is 0 Å². The maximum atomic E-state index is 11.0. The third-order valence-electron chi connectivity index (χ3n) is 9.02. The van der Waals surface area contributed by atoms with E-state index in [0.717, 1.165) is 41.1 Å². The van der Waals surface area contributed by atoms with Crippen molar-refractivity contribution in [1.29, 1.82) is 5.26 Å². The maximum Gasteiger partial charge on any atom is 1.00 e. The summed E-state index contributed by atoms with van der Waals surface area (Å²) >= 11 is 0. The Bertz CT molecular complexity index is 2690. The van der Waals surface area contributed by atoms with Gasteiger partial charge < -0.3 is 29.3 Å². The van der Waals surface area contributed by atoms with Gasteiger partial charge in [0.15, 0.2) is 17.2 Å². The van der Waals surface area contributed by atoms with E-state index in [2.05, 4.69) is 19.9 Å². The Hall–Kier alpha value is -8.03. The number of nitro groups is 3. The Balaban J connectivity index is 0.000000235. The van der Waals surface area contributed by atoms with Gasteiger partial charge in [-0.2, -0.15) is 11.0 Å². The number of nitro benzene ring substituents is 3. The molecule has 0 unspecified atom stereocenters. The Kier molecular flexibility index (Phi) is 21.6. The molecule has 5 heterocycles. The van der Waals surface area contributed by atoms with Crippen molar-refractivity contribution in [3.8, 4) is 34.6 Å². The number of hydrogen-bond donors (Lipinski definition) is 1. The normalized spacial score (nSPS) is 10.8. The summed E-state index contributed by atoms with van der Waals surface area (Å²) in [4.78, 5) is 46.0. The molecule has 1 aliphatic heterocycles. The Morgan fingerprint density at radius 3 is 1.79 bits per heavy atom. The van der Waals surface area contributed by atoms with Crippen molar-refractivity contribution in [2.45, 2.75) is 26.2 Å². The smallest absolute Gasteiger partial charge is 0.807 e. The first-order chi connectivity index (χ1) is 31.4. The molecular formula is C46H44LiN9O10. The quantitative estimate of drug-likeness (QED) is 0.0673. The summed E-state index contributed by atoms with van der Waals surface area (Å²) in [5.41, 5.74) is 4.53. The molecule has 1 N–H and O–H groups in total. The van der Waals surface area contributed by atoms with Crippen LogP contribution in [0.25, 0.3) is 27.7 Å². The Morgan fingerprint density at radius 1 is 0.742 bits per heavy atom. The molecule has 1 fully saturated rings. The monoisotopic (exact) mass is 889 g/mol. The molecule has 1 aliphatic rings. The number of aryl methyl sites for hydroxylation is 1. The van der Waals surface area contributed by atoms with Crippen LogP contribution in [0, 0.1) is 48.6 Å². The van der Waals surface area contributed by atoms with Gasteiger partial charge in [0.2, 0.25) is 0 Å². The number of nitrogens with one attached hydrogen (secondary N) is 1. The van der Waals surface area contributed by atoms with E-state index in [1.165, 1.54) is 76.1 Å². The number of H-pyrrole nitrogens is 1. The fourth-order valence-electron chi connectivity index (χ4n) is 5.78. The van der Waals surface area contributed by atoms with Gasteiger partial charge in [-0.15, -0.1) is 0 Å². The maximum absolute atomic E-state index is 11.0. The van der Waals surface area contributed by atoms with Gasteiger partial charge in [-0.1, -0.05) is 18.2 Å². The van der Waals surface area contributed by atoms with Crippen LogP contribution in [-0.4, -0.2) is 75.0 Å². The number of ether oxygens (including phenoxy) is 4. The average Bonchev–Trinajstić information content (AvgIpc) is 4.07. The van der Waals surface area contributed by atoms with Crippen molar-refractivity contribution >= 4 is 33.8 Å². The van der Waals surface area contributed by atoms with E-state index in [9.17, 15) is 35.8 Å². The number of methoxy groups -OCH3 is 3. The van der Waals surface area contributed by atoms with Crippen LogP contribution in [0.15, 0.2) is 128 Å². The molecule has 0 bridgehead atoms. The third kappa shape index (κ3) is 15.9. The van der Waals surface area contributed by atoms with Gasteiger partial charge in [0.05, 0.1) is 47.7 Å². The van der Waals surface area contributed by atoms with E-state index in [0.29, 0.717) is 5.56 Å². The number of rotatable bonds is 10. The van der Waals surface area contributed by atoms with Crippen LogP contribution in [-0.2, 0) is 11.2 Å². The fourth-order valence-corrected chi connectivity index (χ4v) is 5.78. The van der Waals surface area contributed by atoms with Crippen LogP contribution in [0.5, 0.6) is 17.2 Å². The number of benzene rings is 3. The van der Waals surface area contributed by atoms with Gasteiger partial charge >= 0.3 is 35.9 Å². The molecule has 20 heteroatoms. The van der Waals surface area contributed by atoms with E-state index in [1.54, 1.807) is 49.1 Å². The number of nitriles is 1. The van der Waals surface area contributed by atoms with Gasteiger partial charge in [-0.05, 0) is 104 Å². The number of fused-ring (bicyclic) bond motifs is 1. The molecule has 19 nitrogen and oxygen atoms in total. The van der Waals surface area contributed by atoms with E-state index >= 15 is 0 Å². The predicted molar refractivity (Wildman–Crippen MR) is 243 cm³/mol. The second-order valence-electron chi connectivity index (χ2n) is 13.5. The summed E-state index contributed by atoms with van der Waals surface area (Å²) in [6.07, 6.45) is 11.4. The van der Waals surface area contributed by atoms with Crippen molar-refractivity contribution in [3.05, 3.63) is 186 Å². The average molecular weight is 890 g/mol. The minimum atomic E-state index is -0.584. The molecular weight excluding hydrogens is 845 g/mol. The number of pyridine rings is 3. The first-order valence-electron chi connectivity index (χ1n) is 19.6. The van der Waals surface area contributed by atoms with E-state index in [-0.39, 0.29) is 70.9 Å². The second-order valence-corrected chi connectivity index (χ2v) is 13.5. The first kappa shape index (κ1) is 52.3. The zero-order chi connectivity index (χ0) is 47.1. The molecule has 7 aromatic rings. The molecule has 0 radical (unpaired) electrons. The molecule has 0 atom stereocenters. The van der Waals surface area contributed by atoms with Crippen molar-refractivity contribution in [3.63, 3.8) is 0 Å². The van der Waals surface area contributed by atoms with E-state index < -0.39 is 14.8 Å². The van der Waals surface area contributed by atoms with Gasteiger partial charge in [0, 0.05) is 79.0 Å². The molecule has 334 valence electrons. The van der Waals surface area contributed by atoms with Gasteiger partial charge in [-0.25, -0.2) is 4.98 Å². The van der Waals surface area contributed by atoms with Crippen molar-refractivity contribution in [1.82, 2.24) is 19.9 Å². The van der Waals surface area contributed by atoms with E-state index in [1.807, 2.05) is 55.6 Å². The minimum absolute atomic E-state index is 0. The molecule has 8 rings (SSSR count). The molecule has 1 saturated heterocycles. The zero-order valence-corrected chi connectivity index (χ0v) is 36.8. The molecule has 66 heavy (non-hydrogen) atoms. The number of hydrogen-bond acceptors (Lipinski definition) is 14. The largest absolute Gasteiger partial charge is 1.00 e. The van der Waals surface area contributed by atoms with Crippen LogP contribution in [0.2, 0.25) is 0 Å². The van der Waals surface area contributed by atoms with Crippen molar-refractivity contribution < 1.29 is 52.6 Å².